The Labute approximate surface area is 129 Å². The van der Waals surface area contributed by atoms with Gasteiger partial charge in [-0.3, -0.25) is 4.79 Å². The summed E-state index contributed by atoms with van der Waals surface area (Å²) in [6.07, 6.45) is 1.62. The van der Waals surface area contributed by atoms with Gasteiger partial charge in [-0.25, -0.2) is 9.67 Å². The lowest BCUT2D eigenvalue weighted by atomic mass is 10.3. The van der Waals surface area contributed by atoms with Gasteiger partial charge in [-0.2, -0.15) is 5.10 Å². The summed E-state index contributed by atoms with van der Waals surface area (Å²) in [6.45, 7) is 1.97. The predicted octanol–water partition coefficient (Wildman–Crippen LogP) is 2.59. The highest BCUT2D eigenvalue weighted by atomic mass is 79.9. The number of benzene rings is 1. The lowest BCUT2D eigenvalue weighted by molar-refractivity contribution is 0.700. The molecule has 2 aromatic heterocycles. The second-order valence-electron chi connectivity index (χ2n) is 4.81. The summed E-state index contributed by atoms with van der Waals surface area (Å²) in [6, 6.07) is 7.77. The Balaban J connectivity index is 1.91. The fraction of sp³-hybridized carbons (Fsp3) is 0.214. The first-order valence-electron chi connectivity index (χ1n) is 6.49. The van der Waals surface area contributed by atoms with Crippen LogP contribution < -0.4 is 10.9 Å². The fourth-order valence-corrected chi connectivity index (χ4v) is 2.56. The molecule has 0 amide bonds. The van der Waals surface area contributed by atoms with E-state index in [9.17, 15) is 4.79 Å². The molecule has 2 heterocycles. The van der Waals surface area contributed by atoms with Crippen molar-refractivity contribution in [2.24, 2.45) is 7.05 Å². The maximum absolute atomic E-state index is 11.8. The molecule has 0 saturated heterocycles. The molecule has 1 unspecified atom stereocenters. The van der Waals surface area contributed by atoms with Crippen molar-refractivity contribution in [3.05, 3.63) is 51.1 Å². The third-order valence-electron chi connectivity index (χ3n) is 3.27. The highest BCUT2D eigenvalue weighted by molar-refractivity contribution is 9.10. The standard InChI is InChI=1S/C14H14BrN5O/c1-8(13-18-9-5-3-4-6-10(9)19-13)17-11-7-16-20(2)14(21)12(11)15/h3-8,17H,1-2H3,(H,18,19). The lowest BCUT2D eigenvalue weighted by Crippen LogP contribution is -2.22. The Hall–Kier alpha value is -2.15. The Morgan fingerprint density at radius 3 is 2.90 bits per heavy atom. The van der Waals surface area contributed by atoms with Crippen LogP contribution in [0.2, 0.25) is 0 Å². The van der Waals surface area contributed by atoms with Gasteiger partial charge >= 0.3 is 0 Å². The minimum absolute atomic E-state index is 0.0809. The third kappa shape index (κ3) is 2.56. The minimum atomic E-state index is -0.184. The van der Waals surface area contributed by atoms with E-state index in [0.717, 1.165) is 16.9 Å². The first kappa shape index (κ1) is 13.8. The van der Waals surface area contributed by atoms with E-state index in [1.54, 1.807) is 13.2 Å². The van der Waals surface area contributed by atoms with Gasteiger partial charge in [-0.05, 0) is 35.0 Å². The summed E-state index contributed by atoms with van der Waals surface area (Å²) < 4.78 is 1.74. The number of aryl methyl sites for hydroxylation is 1. The number of para-hydroxylation sites is 2. The molecule has 108 valence electrons. The summed E-state index contributed by atoms with van der Waals surface area (Å²) in [5.74, 6) is 0.809. The molecule has 0 aliphatic heterocycles. The second-order valence-corrected chi connectivity index (χ2v) is 5.60. The molecule has 3 aromatic rings. The molecule has 1 aromatic carbocycles. The molecule has 0 aliphatic rings. The van der Waals surface area contributed by atoms with Gasteiger partial charge in [0.05, 0.1) is 29.0 Å². The van der Waals surface area contributed by atoms with E-state index < -0.39 is 0 Å². The van der Waals surface area contributed by atoms with Crippen LogP contribution in [-0.4, -0.2) is 19.7 Å². The van der Waals surface area contributed by atoms with Crippen LogP contribution in [0.3, 0.4) is 0 Å². The van der Waals surface area contributed by atoms with E-state index in [1.807, 2.05) is 31.2 Å². The molecule has 0 bridgehead atoms. The third-order valence-corrected chi connectivity index (χ3v) is 4.03. The monoisotopic (exact) mass is 347 g/mol. The number of aromatic amines is 1. The summed E-state index contributed by atoms with van der Waals surface area (Å²) in [4.78, 5) is 19.6. The Kier molecular flexibility index (Phi) is 3.50. The van der Waals surface area contributed by atoms with Gasteiger partial charge in [-0.1, -0.05) is 12.1 Å². The number of fused-ring (bicyclic) bond motifs is 1. The van der Waals surface area contributed by atoms with E-state index in [4.69, 9.17) is 0 Å². The van der Waals surface area contributed by atoms with E-state index in [1.165, 1.54) is 4.68 Å². The van der Waals surface area contributed by atoms with Crippen LogP contribution in [0.5, 0.6) is 0 Å². The summed E-state index contributed by atoms with van der Waals surface area (Å²) in [5, 5.41) is 7.25. The lowest BCUT2D eigenvalue weighted by Gasteiger charge is -2.14. The van der Waals surface area contributed by atoms with Crippen LogP contribution in [0, 0.1) is 0 Å². The number of hydrogen-bond acceptors (Lipinski definition) is 4. The van der Waals surface area contributed by atoms with Crippen LogP contribution in [0.4, 0.5) is 5.69 Å². The van der Waals surface area contributed by atoms with Crippen molar-refractivity contribution >= 4 is 32.7 Å². The SMILES string of the molecule is CC(Nc1cnn(C)c(=O)c1Br)c1nc2ccccc2[nH]1. The topological polar surface area (TPSA) is 75.6 Å². The van der Waals surface area contributed by atoms with Crippen molar-refractivity contribution in [1.29, 1.82) is 0 Å². The smallest absolute Gasteiger partial charge is 0.282 e. The van der Waals surface area contributed by atoms with Crippen molar-refractivity contribution in [2.75, 3.05) is 5.32 Å². The summed E-state index contributed by atoms with van der Waals surface area (Å²) >= 11 is 3.30. The molecular weight excluding hydrogens is 334 g/mol. The van der Waals surface area contributed by atoms with Gasteiger partial charge in [0.15, 0.2) is 0 Å². The molecule has 6 nitrogen and oxygen atoms in total. The molecule has 0 aliphatic carbocycles. The van der Waals surface area contributed by atoms with Crippen LogP contribution in [-0.2, 0) is 7.05 Å². The highest BCUT2D eigenvalue weighted by Crippen LogP contribution is 2.23. The number of nitrogens with zero attached hydrogens (tertiary/aromatic N) is 3. The number of anilines is 1. The molecule has 2 N–H and O–H groups in total. The molecular formula is C14H14BrN5O. The van der Waals surface area contributed by atoms with E-state index in [0.29, 0.717) is 10.2 Å². The van der Waals surface area contributed by atoms with Crippen molar-refractivity contribution in [3.63, 3.8) is 0 Å². The zero-order valence-electron chi connectivity index (χ0n) is 11.6. The van der Waals surface area contributed by atoms with Crippen LogP contribution >= 0.6 is 15.9 Å². The van der Waals surface area contributed by atoms with Gasteiger partial charge in [0, 0.05) is 7.05 Å². The van der Waals surface area contributed by atoms with Crippen LogP contribution in [0.25, 0.3) is 11.0 Å². The number of rotatable bonds is 3. The number of imidazole rings is 1. The van der Waals surface area contributed by atoms with Gasteiger partial charge in [0.25, 0.3) is 5.56 Å². The number of aromatic nitrogens is 4. The van der Waals surface area contributed by atoms with Gasteiger partial charge in [-0.15, -0.1) is 0 Å². The largest absolute Gasteiger partial charge is 0.373 e. The van der Waals surface area contributed by atoms with Gasteiger partial charge in [0.2, 0.25) is 0 Å². The van der Waals surface area contributed by atoms with E-state index >= 15 is 0 Å². The molecule has 1 atom stereocenters. The molecule has 7 heteroatoms. The zero-order valence-corrected chi connectivity index (χ0v) is 13.2. The zero-order chi connectivity index (χ0) is 15.0. The Bertz CT molecular complexity index is 821. The minimum Gasteiger partial charge on any atom is -0.373 e. The summed E-state index contributed by atoms with van der Waals surface area (Å²) in [7, 11) is 1.61. The number of hydrogen-bond donors (Lipinski definition) is 2. The summed E-state index contributed by atoms with van der Waals surface area (Å²) in [5.41, 5.74) is 2.37. The molecule has 0 saturated carbocycles. The fourth-order valence-electron chi connectivity index (χ4n) is 2.09. The second kappa shape index (κ2) is 5.33. The first-order valence-corrected chi connectivity index (χ1v) is 7.28. The molecule has 0 radical (unpaired) electrons. The quantitative estimate of drug-likeness (QED) is 0.763. The highest BCUT2D eigenvalue weighted by Gasteiger charge is 2.14. The van der Waals surface area contributed by atoms with E-state index in [-0.39, 0.29) is 11.6 Å². The van der Waals surface area contributed by atoms with Gasteiger partial charge in [0.1, 0.15) is 10.3 Å². The number of nitrogens with one attached hydrogen (secondary N) is 2. The normalized spacial score (nSPS) is 12.5. The molecule has 21 heavy (non-hydrogen) atoms. The van der Waals surface area contributed by atoms with Crippen molar-refractivity contribution in [3.8, 4) is 0 Å². The average Bonchev–Trinajstić information content (AvgIpc) is 2.92. The first-order chi connectivity index (χ1) is 10.1. The van der Waals surface area contributed by atoms with Crippen LogP contribution in [0.15, 0.2) is 39.7 Å². The van der Waals surface area contributed by atoms with E-state index in [2.05, 4.69) is 36.3 Å². The van der Waals surface area contributed by atoms with Crippen molar-refractivity contribution < 1.29 is 0 Å². The van der Waals surface area contributed by atoms with Gasteiger partial charge < -0.3 is 10.3 Å². The van der Waals surface area contributed by atoms with Crippen molar-refractivity contribution in [1.82, 2.24) is 19.7 Å². The molecule has 3 rings (SSSR count). The van der Waals surface area contributed by atoms with Crippen molar-refractivity contribution in [2.45, 2.75) is 13.0 Å². The number of H-pyrrole nitrogens is 1. The Morgan fingerprint density at radius 2 is 2.14 bits per heavy atom. The maximum Gasteiger partial charge on any atom is 0.282 e. The van der Waals surface area contributed by atoms with Crippen LogP contribution in [0.1, 0.15) is 18.8 Å². The molecule has 0 fully saturated rings. The average molecular weight is 348 g/mol. The Morgan fingerprint density at radius 1 is 1.38 bits per heavy atom. The number of halogens is 1. The predicted molar refractivity (Wildman–Crippen MR) is 85.3 cm³/mol. The maximum atomic E-state index is 11.8. The molecule has 0 spiro atoms.